The molecule has 1 heterocycles. The molecule has 0 amide bonds. The molecule has 0 saturated heterocycles. The minimum atomic E-state index is 0.143. The Morgan fingerprint density at radius 3 is 2.58 bits per heavy atom. The van der Waals surface area contributed by atoms with Gasteiger partial charge in [0.05, 0.1) is 12.1 Å². The van der Waals surface area contributed by atoms with Gasteiger partial charge in [-0.25, -0.2) is 4.98 Å². The summed E-state index contributed by atoms with van der Waals surface area (Å²) < 4.78 is 7.95. The van der Waals surface area contributed by atoms with Crippen LogP contribution in [-0.4, -0.2) is 29.3 Å². The molecular weight excluding hydrogens is 238 g/mol. The Hall–Kier alpha value is -0.870. The number of nitrogens with zero attached hydrogens (tertiary/aromatic N) is 2. The third-order valence-corrected chi connectivity index (χ3v) is 3.36. The first kappa shape index (κ1) is 16.2. The lowest BCUT2D eigenvalue weighted by Gasteiger charge is -2.30. The molecule has 0 aromatic carbocycles. The molecule has 0 bridgehead atoms. The smallest absolute Gasteiger partial charge is 0.128 e. The zero-order chi connectivity index (χ0) is 14.3. The average Bonchev–Trinajstić information content (AvgIpc) is 2.82. The molecule has 1 aromatic rings. The fraction of sp³-hybridized carbons (Fsp3) is 0.800. The molecule has 0 aliphatic rings. The third kappa shape index (κ3) is 4.32. The second kappa shape index (κ2) is 8.33. The van der Waals surface area contributed by atoms with E-state index in [9.17, 15) is 0 Å². The monoisotopic (exact) mass is 267 g/mol. The van der Waals surface area contributed by atoms with Crippen LogP contribution in [-0.2, 0) is 11.3 Å². The Kier molecular flexibility index (Phi) is 7.10. The van der Waals surface area contributed by atoms with Crippen LogP contribution in [0.3, 0.4) is 0 Å². The van der Waals surface area contributed by atoms with Gasteiger partial charge in [-0.1, -0.05) is 27.7 Å². The Balaban J connectivity index is 2.97. The maximum absolute atomic E-state index is 5.71. The zero-order valence-corrected chi connectivity index (χ0v) is 13.0. The van der Waals surface area contributed by atoms with E-state index in [1.165, 1.54) is 0 Å². The number of nitrogens with one attached hydrogen (secondary N) is 1. The first-order chi connectivity index (χ1) is 9.15. The molecule has 0 spiro atoms. The van der Waals surface area contributed by atoms with E-state index >= 15 is 0 Å². The molecular formula is C15H29N3O. The standard InChI is InChI=1S/C15H29N3O/c1-6-8-16-13(14(19-5)12(3)4)15-17-9-11-18(15)10-7-2/h9,11-14,16H,6-8,10H2,1-5H3. The maximum Gasteiger partial charge on any atom is 0.128 e. The normalized spacial score (nSPS) is 14.8. The Bertz CT molecular complexity index is 349. The van der Waals surface area contributed by atoms with Gasteiger partial charge in [0.25, 0.3) is 0 Å². The van der Waals surface area contributed by atoms with E-state index in [-0.39, 0.29) is 12.1 Å². The number of ether oxygens (including phenoxy) is 1. The predicted molar refractivity (Wildman–Crippen MR) is 79.2 cm³/mol. The number of aryl methyl sites for hydroxylation is 1. The number of aromatic nitrogens is 2. The summed E-state index contributed by atoms with van der Waals surface area (Å²) >= 11 is 0. The van der Waals surface area contributed by atoms with Gasteiger partial charge in [0.1, 0.15) is 5.82 Å². The van der Waals surface area contributed by atoms with Gasteiger partial charge in [-0.3, -0.25) is 0 Å². The molecule has 110 valence electrons. The topological polar surface area (TPSA) is 39.1 Å². The summed E-state index contributed by atoms with van der Waals surface area (Å²) in [6.45, 7) is 10.8. The van der Waals surface area contributed by atoms with Crippen molar-refractivity contribution in [1.29, 1.82) is 0 Å². The van der Waals surface area contributed by atoms with Crippen LogP contribution in [0.15, 0.2) is 12.4 Å². The Morgan fingerprint density at radius 1 is 1.32 bits per heavy atom. The van der Waals surface area contributed by atoms with Crippen LogP contribution in [0.5, 0.6) is 0 Å². The number of rotatable bonds is 9. The van der Waals surface area contributed by atoms with Crippen molar-refractivity contribution in [1.82, 2.24) is 14.9 Å². The second-order valence-corrected chi connectivity index (χ2v) is 5.35. The Labute approximate surface area is 117 Å². The van der Waals surface area contributed by atoms with Crippen molar-refractivity contribution in [3.8, 4) is 0 Å². The van der Waals surface area contributed by atoms with Crippen molar-refractivity contribution in [2.24, 2.45) is 5.92 Å². The number of methoxy groups -OCH3 is 1. The molecule has 2 atom stereocenters. The van der Waals surface area contributed by atoms with Crippen molar-refractivity contribution in [2.75, 3.05) is 13.7 Å². The quantitative estimate of drug-likeness (QED) is 0.747. The molecule has 1 N–H and O–H groups in total. The first-order valence-corrected chi connectivity index (χ1v) is 7.42. The summed E-state index contributed by atoms with van der Waals surface area (Å²) in [5.41, 5.74) is 0. The van der Waals surface area contributed by atoms with E-state index in [0.29, 0.717) is 5.92 Å². The molecule has 1 aromatic heterocycles. The van der Waals surface area contributed by atoms with E-state index in [4.69, 9.17) is 4.74 Å². The third-order valence-electron chi connectivity index (χ3n) is 3.36. The minimum Gasteiger partial charge on any atom is -0.379 e. The summed E-state index contributed by atoms with van der Waals surface area (Å²) in [7, 11) is 1.79. The van der Waals surface area contributed by atoms with Gasteiger partial charge in [0.2, 0.25) is 0 Å². The van der Waals surface area contributed by atoms with Crippen molar-refractivity contribution in [3.05, 3.63) is 18.2 Å². The van der Waals surface area contributed by atoms with Crippen molar-refractivity contribution in [2.45, 2.75) is 59.2 Å². The van der Waals surface area contributed by atoms with Crippen LogP contribution < -0.4 is 5.32 Å². The largest absolute Gasteiger partial charge is 0.379 e. The number of hydrogen-bond donors (Lipinski definition) is 1. The van der Waals surface area contributed by atoms with E-state index in [2.05, 4.69) is 48.8 Å². The van der Waals surface area contributed by atoms with Gasteiger partial charge in [-0.05, 0) is 25.3 Å². The number of imidazole rings is 1. The lowest BCUT2D eigenvalue weighted by atomic mass is 9.98. The van der Waals surface area contributed by atoms with Crippen LogP contribution in [0.2, 0.25) is 0 Å². The van der Waals surface area contributed by atoms with E-state index in [1.807, 2.05) is 6.20 Å². The minimum absolute atomic E-state index is 0.143. The van der Waals surface area contributed by atoms with Crippen LogP contribution in [0.4, 0.5) is 0 Å². The van der Waals surface area contributed by atoms with E-state index < -0.39 is 0 Å². The molecule has 19 heavy (non-hydrogen) atoms. The van der Waals surface area contributed by atoms with Gasteiger partial charge in [0, 0.05) is 26.0 Å². The van der Waals surface area contributed by atoms with Crippen molar-refractivity contribution < 1.29 is 4.74 Å². The van der Waals surface area contributed by atoms with Crippen molar-refractivity contribution >= 4 is 0 Å². The van der Waals surface area contributed by atoms with Crippen LogP contribution in [0.1, 0.15) is 52.4 Å². The summed E-state index contributed by atoms with van der Waals surface area (Å²) in [5.74, 6) is 1.54. The summed E-state index contributed by atoms with van der Waals surface area (Å²) in [6, 6.07) is 0.159. The van der Waals surface area contributed by atoms with Gasteiger partial charge in [-0.2, -0.15) is 0 Å². The molecule has 4 heteroatoms. The van der Waals surface area contributed by atoms with E-state index in [0.717, 1.165) is 31.8 Å². The molecule has 0 radical (unpaired) electrons. The molecule has 0 fully saturated rings. The van der Waals surface area contributed by atoms with Crippen LogP contribution >= 0.6 is 0 Å². The average molecular weight is 267 g/mol. The van der Waals surface area contributed by atoms with Gasteiger partial charge in [-0.15, -0.1) is 0 Å². The van der Waals surface area contributed by atoms with Gasteiger partial charge in [0.15, 0.2) is 0 Å². The summed E-state index contributed by atoms with van der Waals surface area (Å²) in [6.07, 6.45) is 6.32. The summed E-state index contributed by atoms with van der Waals surface area (Å²) in [5, 5.41) is 3.59. The Morgan fingerprint density at radius 2 is 2.05 bits per heavy atom. The molecule has 0 aliphatic heterocycles. The molecule has 1 rings (SSSR count). The van der Waals surface area contributed by atoms with E-state index in [1.54, 1.807) is 7.11 Å². The molecule has 4 nitrogen and oxygen atoms in total. The maximum atomic E-state index is 5.71. The predicted octanol–water partition coefficient (Wildman–Crippen LogP) is 3.00. The second-order valence-electron chi connectivity index (χ2n) is 5.35. The lowest BCUT2D eigenvalue weighted by molar-refractivity contribution is 0.0291. The number of hydrogen-bond acceptors (Lipinski definition) is 3. The highest BCUT2D eigenvalue weighted by Gasteiger charge is 2.28. The molecule has 0 saturated carbocycles. The SMILES string of the molecule is CCCNC(c1nccn1CCC)C(OC)C(C)C. The molecule has 2 unspecified atom stereocenters. The zero-order valence-electron chi connectivity index (χ0n) is 13.0. The summed E-state index contributed by atoms with van der Waals surface area (Å²) in [4.78, 5) is 4.56. The molecule has 0 aliphatic carbocycles. The highest BCUT2D eigenvalue weighted by atomic mass is 16.5. The first-order valence-electron chi connectivity index (χ1n) is 7.42. The highest BCUT2D eigenvalue weighted by Crippen LogP contribution is 2.23. The fourth-order valence-electron chi connectivity index (χ4n) is 2.48. The fourth-order valence-corrected chi connectivity index (χ4v) is 2.48. The van der Waals surface area contributed by atoms with Crippen molar-refractivity contribution in [3.63, 3.8) is 0 Å². The van der Waals surface area contributed by atoms with Gasteiger partial charge < -0.3 is 14.6 Å². The highest BCUT2D eigenvalue weighted by molar-refractivity contribution is 5.03. The van der Waals surface area contributed by atoms with Gasteiger partial charge >= 0.3 is 0 Å². The lowest BCUT2D eigenvalue weighted by Crippen LogP contribution is -2.38. The van der Waals surface area contributed by atoms with Crippen LogP contribution in [0.25, 0.3) is 0 Å². The van der Waals surface area contributed by atoms with Crippen LogP contribution in [0, 0.1) is 5.92 Å².